The largest absolute Gasteiger partial charge is 0.483 e. The van der Waals surface area contributed by atoms with Crippen LogP contribution in [0.15, 0.2) is 42.6 Å². The molecule has 47 heavy (non-hydrogen) atoms. The molecule has 2 fully saturated rings. The number of carboxylic acid groups (broad SMARTS) is 1. The number of hydrogen-bond acceptors (Lipinski definition) is 8. The van der Waals surface area contributed by atoms with Crippen molar-refractivity contribution in [2.75, 3.05) is 33.2 Å². The van der Waals surface area contributed by atoms with Crippen molar-refractivity contribution in [2.45, 2.75) is 63.8 Å². The van der Waals surface area contributed by atoms with E-state index in [1.165, 1.54) is 11.9 Å². The number of likely N-dealkylation sites (N-methyl/N-ethyl adjacent to an activating group) is 1. The van der Waals surface area contributed by atoms with Crippen LogP contribution in [-0.2, 0) is 53.4 Å². The molecule has 4 atom stereocenters. The Morgan fingerprint density at radius 2 is 1.74 bits per heavy atom. The molecule has 2 bridgehead atoms. The molecule has 0 saturated carbocycles. The number of nitrogens with one attached hydrogen (secondary N) is 3. The Labute approximate surface area is 274 Å². The molecule has 2 aliphatic heterocycles. The predicted octanol–water partition coefficient (Wildman–Crippen LogP) is -0.504. The second kappa shape index (κ2) is 17.8. The number of nitrogens with zero attached hydrogens (tertiary/aromatic N) is 4. The summed E-state index contributed by atoms with van der Waals surface area (Å²) in [7, 11) is 3.29. The lowest BCUT2D eigenvalue weighted by atomic mass is 10.0. The minimum atomic E-state index is -1.07. The number of hydrogen-bond donors (Lipinski definition) is 4. The predicted molar refractivity (Wildman–Crippen MR) is 170 cm³/mol. The number of rotatable bonds is 7. The molecule has 2 saturated heterocycles. The summed E-state index contributed by atoms with van der Waals surface area (Å²) < 4.78 is 7.83. The molecule has 1 aromatic heterocycles. The van der Waals surface area contributed by atoms with Crippen molar-refractivity contribution < 1.29 is 38.6 Å². The van der Waals surface area contributed by atoms with Crippen molar-refractivity contribution in [3.05, 3.63) is 53.9 Å². The van der Waals surface area contributed by atoms with Crippen LogP contribution in [0.25, 0.3) is 0 Å². The SMILES string of the molecule is CC(C)C[C@@H]1NC(=O)CN(C)C(=O)[C@@H](Cc2ccccc2)NC(=O)[C@H]2CN(C(=O)CCc3ccnn3C)C[C@@H](CNC1=O)O2.O=CO. The van der Waals surface area contributed by atoms with Gasteiger partial charge in [0.2, 0.25) is 23.6 Å². The van der Waals surface area contributed by atoms with Crippen molar-refractivity contribution in [3.63, 3.8) is 0 Å². The second-order valence-electron chi connectivity index (χ2n) is 12.0. The number of ether oxygens (including phenoxy) is 1. The van der Waals surface area contributed by atoms with E-state index in [1.807, 2.05) is 57.3 Å². The molecule has 5 amide bonds. The monoisotopic (exact) mass is 655 g/mol. The Balaban J connectivity index is 0.00000192. The summed E-state index contributed by atoms with van der Waals surface area (Å²) in [5, 5.41) is 19.5. The quantitative estimate of drug-likeness (QED) is 0.285. The summed E-state index contributed by atoms with van der Waals surface area (Å²) in [4.78, 5) is 78.0. The summed E-state index contributed by atoms with van der Waals surface area (Å²) >= 11 is 0. The third-order valence-electron chi connectivity index (χ3n) is 7.85. The number of carbonyl (C=O) groups excluding carboxylic acids is 5. The van der Waals surface area contributed by atoms with Crippen LogP contribution in [0.1, 0.15) is 37.9 Å². The summed E-state index contributed by atoms with van der Waals surface area (Å²) in [6, 6.07) is 9.28. The molecule has 256 valence electrons. The minimum Gasteiger partial charge on any atom is -0.483 e. The Kier molecular flexibility index (Phi) is 13.9. The van der Waals surface area contributed by atoms with Gasteiger partial charge in [0.25, 0.3) is 12.4 Å². The molecule has 0 unspecified atom stereocenters. The van der Waals surface area contributed by atoms with Crippen LogP contribution >= 0.6 is 0 Å². The molecular formula is C32H45N7O8. The van der Waals surface area contributed by atoms with Gasteiger partial charge < -0.3 is 35.6 Å². The lowest BCUT2D eigenvalue weighted by Gasteiger charge is -2.38. The second-order valence-corrected chi connectivity index (χ2v) is 12.0. The van der Waals surface area contributed by atoms with Gasteiger partial charge in [-0.25, -0.2) is 0 Å². The Morgan fingerprint density at radius 1 is 1.04 bits per heavy atom. The molecule has 3 heterocycles. The van der Waals surface area contributed by atoms with E-state index in [0.29, 0.717) is 12.8 Å². The highest BCUT2D eigenvalue weighted by molar-refractivity contribution is 5.93. The maximum Gasteiger partial charge on any atom is 0.290 e. The molecule has 4 N–H and O–H groups in total. The summed E-state index contributed by atoms with van der Waals surface area (Å²) in [5.74, 6) is -1.96. The minimum absolute atomic E-state index is 0.00139. The molecule has 0 aliphatic carbocycles. The number of benzene rings is 1. The van der Waals surface area contributed by atoms with Gasteiger partial charge in [-0.3, -0.25) is 33.4 Å². The van der Waals surface area contributed by atoms with Crippen LogP contribution in [0.3, 0.4) is 0 Å². The third kappa shape index (κ3) is 11.2. The van der Waals surface area contributed by atoms with E-state index in [2.05, 4.69) is 21.0 Å². The molecule has 4 rings (SSSR count). The first-order valence-electron chi connectivity index (χ1n) is 15.6. The number of morpholine rings is 1. The zero-order valence-electron chi connectivity index (χ0n) is 27.3. The van der Waals surface area contributed by atoms with E-state index in [0.717, 1.165) is 11.3 Å². The first-order chi connectivity index (χ1) is 22.4. The lowest BCUT2D eigenvalue weighted by Crippen LogP contribution is -2.59. The van der Waals surface area contributed by atoms with Gasteiger partial charge in [-0.15, -0.1) is 0 Å². The lowest BCUT2D eigenvalue weighted by molar-refractivity contribution is -0.157. The molecule has 2 aromatic rings. The average molecular weight is 656 g/mol. The van der Waals surface area contributed by atoms with Gasteiger partial charge in [0.15, 0.2) is 6.10 Å². The average Bonchev–Trinajstić information content (AvgIpc) is 3.45. The zero-order chi connectivity index (χ0) is 34.5. The molecule has 2 aliphatic rings. The van der Waals surface area contributed by atoms with Crippen LogP contribution in [0.2, 0.25) is 0 Å². The number of aromatic nitrogens is 2. The van der Waals surface area contributed by atoms with Gasteiger partial charge >= 0.3 is 0 Å². The van der Waals surface area contributed by atoms with Crippen LogP contribution in [0.5, 0.6) is 0 Å². The van der Waals surface area contributed by atoms with E-state index in [1.54, 1.807) is 15.8 Å². The van der Waals surface area contributed by atoms with E-state index in [4.69, 9.17) is 14.6 Å². The summed E-state index contributed by atoms with van der Waals surface area (Å²) in [6.07, 6.45) is 1.17. The summed E-state index contributed by atoms with van der Waals surface area (Å²) in [6.45, 7) is 3.55. The van der Waals surface area contributed by atoms with Gasteiger partial charge in [0, 0.05) is 51.9 Å². The molecule has 0 radical (unpaired) electrons. The fraction of sp³-hybridized carbons (Fsp3) is 0.531. The number of aryl methyl sites for hydroxylation is 2. The highest BCUT2D eigenvalue weighted by atomic mass is 16.5. The van der Waals surface area contributed by atoms with Crippen molar-refractivity contribution in [2.24, 2.45) is 13.0 Å². The Morgan fingerprint density at radius 3 is 2.38 bits per heavy atom. The highest BCUT2D eigenvalue weighted by Crippen LogP contribution is 2.16. The van der Waals surface area contributed by atoms with E-state index in [-0.39, 0.29) is 57.3 Å². The van der Waals surface area contributed by atoms with Gasteiger partial charge in [-0.05, 0) is 30.4 Å². The van der Waals surface area contributed by atoms with Gasteiger partial charge in [-0.1, -0.05) is 44.2 Å². The van der Waals surface area contributed by atoms with E-state index >= 15 is 0 Å². The maximum absolute atomic E-state index is 13.7. The van der Waals surface area contributed by atoms with Crippen molar-refractivity contribution in [1.82, 2.24) is 35.5 Å². The fourth-order valence-corrected chi connectivity index (χ4v) is 5.49. The number of fused-ring (bicyclic) bond motifs is 2. The third-order valence-corrected chi connectivity index (χ3v) is 7.85. The first-order valence-corrected chi connectivity index (χ1v) is 15.6. The Bertz CT molecular complexity index is 1380. The summed E-state index contributed by atoms with van der Waals surface area (Å²) in [5.41, 5.74) is 1.72. The smallest absolute Gasteiger partial charge is 0.290 e. The van der Waals surface area contributed by atoms with E-state index in [9.17, 15) is 24.0 Å². The topological polar surface area (TPSA) is 192 Å². The molecule has 15 heteroatoms. The zero-order valence-corrected chi connectivity index (χ0v) is 27.3. The van der Waals surface area contributed by atoms with Gasteiger partial charge in [0.1, 0.15) is 12.1 Å². The maximum atomic E-state index is 13.7. The number of amides is 5. The van der Waals surface area contributed by atoms with Gasteiger partial charge in [0.05, 0.1) is 19.2 Å². The van der Waals surface area contributed by atoms with Crippen LogP contribution in [0.4, 0.5) is 0 Å². The molecule has 15 nitrogen and oxygen atoms in total. The number of carbonyl (C=O) groups is 6. The van der Waals surface area contributed by atoms with Crippen molar-refractivity contribution in [3.8, 4) is 0 Å². The van der Waals surface area contributed by atoms with Gasteiger partial charge in [-0.2, -0.15) is 5.10 Å². The highest BCUT2D eigenvalue weighted by Gasteiger charge is 2.37. The van der Waals surface area contributed by atoms with E-state index < -0.39 is 47.9 Å². The van der Waals surface area contributed by atoms with Crippen molar-refractivity contribution >= 4 is 36.0 Å². The molecular weight excluding hydrogens is 610 g/mol. The normalized spacial score (nSPS) is 22.6. The molecule has 1 aromatic carbocycles. The first kappa shape index (κ1) is 36.7. The Hall–Kier alpha value is -4.79. The van der Waals surface area contributed by atoms with Crippen molar-refractivity contribution in [1.29, 1.82) is 0 Å². The van der Waals surface area contributed by atoms with Crippen LogP contribution in [-0.4, -0.2) is 118 Å². The van der Waals surface area contributed by atoms with Crippen LogP contribution in [0, 0.1) is 5.92 Å². The molecule has 0 spiro atoms. The van der Waals surface area contributed by atoms with Crippen LogP contribution < -0.4 is 16.0 Å². The fourth-order valence-electron chi connectivity index (χ4n) is 5.49. The standard InChI is InChI=1S/C31H43N7O6.CH2O2/c1-20(2)14-24-29(41)32-16-23-17-38(28(40)11-10-22-12-13-33-37(22)4)18-26(44-23)30(42)35-25(15-21-8-6-5-7-9-21)31(43)36(3)19-27(39)34-24;2-1-3/h5-9,12-13,20,23-26H,10-11,14-19H2,1-4H3,(H,32,41)(H,34,39)(H,35,42);1H,(H,2,3)/t23-,24+,25-,26-;/m1./s1.